The van der Waals surface area contributed by atoms with Gasteiger partial charge in [-0.05, 0) is 12.8 Å². The van der Waals surface area contributed by atoms with Crippen LogP contribution in [-0.4, -0.2) is 17.0 Å². The Morgan fingerprint density at radius 2 is 1.77 bits per heavy atom. The van der Waals surface area contributed by atoms with Crippen molar-refractivity contribution < 1.29 is 9.90 Å². The van der Waals surface area contributed by atoms with E-state index in [1.54, 1.807) is 0 Å². The molecule has 0 aromatic rings. The van der Waals surface area contributed by atoms with E-state index in [-0.39, 0.29) is 5.78 Å². The molecular weight excluding hydrogens is 164 g/mol. The molecule has 1 atom stereocenters. The zero-order valence-corrected chi connectivity index (χ0v) is 8.88. The summed E-state index contributed by atoms with van der Waals surface area (Å²) in [5.74, 6) is 0.0295. The number of aliphatic hydroxyl groups excluding tert-OH is 1. The molecular formula is C11H22O2. The fraction of sp³-hybridized carbons (Fsp3) is 0.909. The lowest BCUT2D eigenvalue weighted by atomic mass is 10.0. The summed E-state index contributed by atoms with van der Waals surface area (Å²) in [4.78, 5) is 11.3. The van der Waals surface area contributed by atoms with Gasteiger partial charge in [0.15, 0.2) is 5.78 Å². The van der Waals surface area contributed by atoms with Crippen molar-refractivity contribution in [1.29, 1.82) is 0 Å². The SMILES string of the molecule is CCCCCC(=O)C(O)CCCC. The molecule has 0 aromatic heterocycles. The quantitative estimate of drug-likeness (QED) is 0.592. The zero-order valence-electron chi connectivity index (χ0n) is 8.88. The van der Waals surface area contributed by atoms with E-state index in [1.807, 2.05) is 0 Å². The predicted octanol–water partition coefficient (Wildman–Crippen LogP) is 2.69. The highest BCUT2D eigenvalue weighted by Gasteiger charge is 2.12. The largest absolute Gasteiger partial charge is 0.385 e. The first-order chi connectivity index (χ1) is 6.22. The number of rotatable bonds is 8. The van der Waals surface area contributed by atoms with Crippen LogP contribution in [0, 0.1) is 0 Å². The molecule has 2 heteroatoms. The second-order valence-corrected chi connectivity index (χ2v) is 3.58. The lowest BCUT2D eigenvalue weighted by Gasteiger charge is -2.07. The number of ketones is 1. The molecule has 0 bridgehead atoms. The van der Waals surface area contributed by atoms with Crippen molar-refractivity contribution in [3.05, 3.63) is 0 Å². The van der Waals surface area contributed by atoms with Gasteiger partial charge in [-0.15, -0.1) is 0 Å². The molecule has 0 aliphatic heterocycles. The predicted molar refractivity (Wildman–Crippen MR) is 54.7 cm³/mol. The lowest BCUT2D eigenvalue weighted by Crippen LogP contribution is -2.19. The average molecular weight is 186 g/mol. The van der Waals surface area contributed by atoms with Crippen molar-refractivity contribution in [3.63, 3.8) is 0 Å². The number of Topliss-reactive ketones (excluding diaryl/α,β-unsaturated/α-hetero) is 1. The first-order valence-electron chi connectivity index (χ1n) is 5.43. The molecule has 0 saturated heterocycles. The van der Waals surface area contributed by atoms with Crippen LogP contribution in [0.1, 0.15) is 58.8 Å². The van der Waals surface area contributed by atoms with Crippen molar-refractivity contribution in [2.24, 2.45) is 0 Å². The first kappa shape index (κ1) is 12.6. The Balaban J connectivity index is 3.45. The Labute approximate surface area is 81.3 Å². The minimum Gasteiger partial charge on any atom is -0.385 e. The van der Waals surface area contributed by atoms with Gasteiger partial charge >= 0.3 is 0 Å². The summed E-state index contributed by atoms with van der Waals surface area (Å²) in [6.07, 6.45) is 5.63. The summed E-state index contributed by atoms with van der Waals surface area (Å²) in [5.41, 5.74) is 0. The summed E-state index contributed by atoms with van der Waals surface area (Å²) < 4.78 is 0. The zero-order chi connectivity index (χ0) is 10.1. The molecule has 0 aliphatic carbocycles. The second kappa shape index (κ2) is 8.24. The number of aliphatic hydroxyl groups is 1. The van der Waals surface area contributed by atoms with Gasteiger partial charge in [-0.3, -0.25) is 4.79 Å². The first-order valence-corrected chi connectivity index (χ1v) is 5.43. The van der Waals surface area contributed by atoms with E-state index in [1.165, 1.54) is 0 Å². The second-order valence-electron chi connectivity index (χ2n) is 3.58. The number of unbranched alkanes of at least 4 members (excludes halogenated alkanes) is 3. The molecule has 78 valence electrons. The molecule has 0 aliphatic rings. The van der Waals surface area contributed by atoms with Crippen molar-refractivity contribution in [2.45, 2.75) is 64.9 Å². The molecule has 0 saturated carbocycles. The molecule has 13 heavy (non-hydrogen) atoms. The van der Waals surface area contributed by atoms with Crippen LogP contribution >= 0.6 is 0 Å². The smallest absolute Gasteiger partial charge is 0.161 e. The summed E-state index contributed by atoms with van der Waals surface area (Å²) in [7, 11) is 0. The van der Waals surface area contributed by atoms with E-state index in [0.717, 1.165) is 32.1 Å². The fourth-order valence-electron chi connectivity index (χ4n) is 1.27. The fourth-order valence-corrected chi connectivity index (χ4v) is 1.27. The van der Waals surface area contributed by atoms with Crippen LogP contribution in [0.15, 0.2) is 0 Å². The van der Waals surface area contributed by atoms with Gasteiger partial charge in [0, 0.05) is 6.42 Å². The third kappa shape index (κ3) is 6.76. The van der Waals surface area contributed by atoms with Crippen LogP contribution in [0.25, 0.3) is 0 Å². The molecule has 0 aromatic carbocycles. The van der Waals surface area contributed by atoms with E-state index in [9.17, 15) is 9.90 Å². The summed E-state index contributed by atoms with van der Waals surface area (Å²) in [6, 6.07) is 0. The minimum absolute atomic E-state index is 0.0295. The number of carbonyl (C=O) groups is 1. The number of hydrogen-bond donors (Lipinski definition) is 1. The van der Waals surface area contributed by atoms with Gasteiger partial charge in [0.25, 0.3) is 0 Å². The van der Waals surface area contributed by atoms with Gasteiger partial charge in [0.05, 0.1) is 0 Å². The van der Waals surface area contributed by atoms with Gasteiger partial charge in [-0.25, -0.2) is 0 Å². The summed E-state index contributed by atoms with van der Waals surface area (Å²) in [6.45, 7) is 4.17. The van der Waals surface area contributed by atoms with Crippen LogP contribution in [0.4, 0.5) is 0 Å². The molecule has 0 heterocycles. The third-order valence-corrected chi connectivity index (χ3v) is 2.23. The maximum absolute atomic E-state index is 11.3. The average Bonchev–Trinajstić information content (AvgIpc) is 2.14. The maximum Gasteiger partial charge on any atom is 0.161 e. The van der Waals surface area contributed by atoms with Gasteiger partial charge in [0.1, 0.15) is 6.10 Å². The number of hydrogen-bond acceptors (Lipinski definition) is 2. The van der Waals surface area contributed by atoms with Crippen LogP contribution in [0.2, 0.25) is 0 Å². The summed E-state index contributed by atoms with van der Waals surface area (Å²) >= 11 is 0. The molecule has 1 N–H and O–H groups in total. The highest BCUT2D eigenvalue weighted by molar-refractivity contribution is 5.82. The Bertz CT molecular complexity index is 132. The number of carbonyl (C=O) groups excluding carboxylic acids is 1. The van der Waals surface area contributed by atoms with Crippen molar-refractivity contribution in [2.75, 3.05) is 0 Å². The Morgan fingerprint density at radius 1 is 1.15 bits per heavy atom. The van der Waals surface area contributed by atoms with Gasteiger partial charge in [-0.2, -0.15) is 0 Å². The molecule has 0 spiro atoms. The van der Waals surface area contributed by atoms with Crippen LogP contribution in [-0.2, 0) is 4.79 Å². The van der Waals surface area contributed by atoms with Gasteiger partial charge in [0.2, 0.25) is 0 Å². The maximum atomic E-state index is 11.3. The highest BCUT2D eigenvalue weighted by atomic mass is 16.3. The van der Waals surface area contributed by atoms with E-state index >= 15 is 0 Å². The van der Waals surface area contributed by atoms with Crippen molar-refractivity contribution >= 4 is 5.78 Å². The highest BCUT2D eigenvalue weighted by Crippen LogP contribution is 2.07. The minimum atomic E-state index is -0.697. The molecule has 0 rings (SSSR count). The van der Waals surface area contributed by atoms with Gasteiger partial charge in [-0.1, -0.05) is 39.5 Å². The normalized spacial score (nSPS) is 12.8. The van der Waals surface area contributed by atoms with Crippen molar-refractivity contribution in [1.82, 2.24) is 0 Å². The third-order valence-electron chi connectivity index (χ3n) is 2.23. The monoisotopic (exact) mass is 186 g/mol. The van der Waals surface area contributed by atoms with E-state index in [0.29, 0.717) is 12.8 Å². The molecule has 0 fully saturated rings. The molecule has 0 radical (unpaired) electrons. The standard InChI is InChI=1S/C11H22O2/c1-3-5-7-9-11(13)10(12)8-6-4-2/h10,12H,3-9H2,1-2H3. The molecule has 0 amide bonds. The molecule has 2 nitrogen and oxygen atoms in total. The summed E-state index contributed by atoms with van der Waals surface area (Å²) in [5, 5.41) is 9.40. The van der Waals surface area contributed by atoms with E-state index < -0.39 is 6.10 Å². The topological polar surface area (TPSA) is 37.3 Å². The lowest BCUT2D eigenvalue weighted by molar-refractivity contribution is -0.127. The van der Waals surface area contributed by atoms with Gasteiger partial charge < -0.3 is 5.11 Å². The van der Waals surface area contributed by atoms with Crippen LogP contribution < -0.4 is 0 Å². The Hall–Kier alpha value is -0.370. The van der Waals surface area contributed by atoms with Crippen molar-refractivity contribution in [3.8, 4) is 0 Å². The Morgan fingerprint density at radius 3 is 2.31 bits per heavy atom. The van der Waals surface area contributed by atoms with Crippen LogP contribution in [0.3, 0.4) is 0 Å². The van der Waals surface area contributed by atoms with E-state index in [2.05, 4.69) is 13.8 Å². The Kier molecular flexibility index (Phi) is 8.00. The van der Waals surface area contributed by atoms with Crippen LogP contribution in [0.5, 0.6) is 0 Å². The van der Waals surface area contributed by atoms with E-state index in [4.69, 9.17) is 0 Å². The molecule has 1 unspecified atom stereocenters.